The number of alkyl halides is 1. The first-order valence-corrected chi connectivity index (χ1v) is 11.0. The first-order chi connectivity index (χ1) is 13.0. The molecule has 4 rings (SSSR count). The van der Waals surface area contributed by atoms with Crippen molar-refractivity contribution in [2.24, 2.45) is 0 Å². The summed E-state index contributed by atoms with van der Waals surface area (Å²) in [7, 11) is 0. The highest BCUT2D eigenvalue weighted by atomic mass is 127. The number of carbonyl (C=O) groups is 1. The number of hydrogen-bond donors (Lipinski definition) is 1. The fourth-order valence-corrected chi connectivity index (χ4v) is 4.92. The lowest BCUT2D eigenvalue weighted by Crippen LogP contribution is -2.42. The first-order valence-electron chi connectivity index (χ1n) is 8.31. The largest absolute Gasteiger partial charge is 0.360 e. The van der Waals surface area contributed by atoms with Gasteiger partial charge in [0.15, 0.2) is 0 Å². The predicted octanol–water partition coefficient (Wildman–Crippen LogP) is 6.24. The zero-order valence-electron chi connectivity index (χ0n) is 14.1. The highest BCUT2D eigenvalue weighted by Crippen LogP contribution is 2.38. The quantitative estimate of drug-likeness (QED) is 0.331. The Morgan fingerprint density at radius 2 is 1.93 bits per heavy atom. The van der Waals surface area contributed by atoms with Crippen molar-refractivity contribution in [1.29, 1.82) is 0 Å². The lowest BCUT2D eigenvalue weighted by Gasteiger charge is -2.37. The second-order valence-electron chi connectivity index (χ2n) is 6.23. The minimum absolute atomic E-state index is 0.0926. The molecule has 1 atom stereocenters. The first kappa shape index (κ1) is 18.7. The van der Waals surface area contributed by atoms with Gasteiger partial charge in [0, 0.05) is 31.4 Å². The molecule has 0 saturated heterocycles. The number of hydrogen-bond acceptors (Lipinski definition) is 3. The second-order valence-corrected chi connectivity index (χ2v) is 8.63. The van der Waals surface area contributed by atoms with Gasteiger partial charge in [-0.1, -0.05) is 46.3 Å². The van der Waals surface area contributed by atoms with E-state index in [1.54, 1.807) is 40.5 Å². The maximum Gasteiger partial charge on any atom is 0.258 e. The Balaban J connectivity index is 1.74. The molecule has 3 nitrogen and oxygen atoms in total. The SMILES string of the molecule is O=C1c2cc(Cl)ccc2NC(c2ccc(CI)s2)N1Cc1ccc(F)cc1. The van der Waals surface area contributed by atoms with Crippen LogP contribution in [0.15, 0.2) is 54.6 Å². The number of fused-ring (bicyclic) bond motifs is 1. The highest BCUT2D eigenvalue weighted by Gasteiger charge is 2.34. The molecule has 138 valence electrons. The maximum atomic E-state index is 13.3. The zero-order chi connectivity index (χ0) is 19.0. The van der Waals surface area contributed by atoms with E-state index in [2.05, 4.69) is 40.0 Å². The maximum absolute atomic E-state index is 13.3. The molecular weight excluding hydrogens is 498 g/mol. The molecule has 3 aromatic rings. The van der Waals surface area contributed by atoms with Crippen LogP contribution in [0.1, 0.15) is 31.8 Å². The summed E-state index contributed by atoms with van der Waals surface area (Å²) < 4.78 is 14.2. The Kier molecular flexibility index (Phi) is 5.39. The third-order valence-corrected chi connectivity index (χ3v) is 7.14. The molecule has 7 heteroatoms. The molecule has 1 aromatic heterocycles. The standard InChI is InChI=1S/C20H15ClFIN2OS/c21-13-3-7-17-16(9-13)20(26)25(11-12-1-4-14(22)5-2-12)19(24-17)18-8-6-15(10-23)27-18/h1-9,19,24H,10-11H2. The van der Waals surface area contributed by atoms with E-state index in [-0.39, 0.29) is 17.9 Å². The lowest BCUT2D eigenvalue weighted by atomic mass is 10.1. The van der Waals surface area contributed by atoms with Crippen LogP contribution in [0, 0.1) is 5.82 Å². The molecule has 0 fully saturated rings. The van der Waals surface area contributed by atoms with E-state index in [1.165, 1.54) is 17.0 Å². The van der Waals surface area contributed by atoms with Crippen LogP contribution in [-0.2, 0) is 11.0 Å². The molecular formula is C20H15ClFIN2OS. The summed E-state index contributed by atoms with van der Waals surface area (Å²) in [5.41, 5.74) is 2.19. The smallest absolute Gasteiger partial charge is 0.258 e. The topological polar surface area (TPSA) is 32.3 Å². The van der Waals surface area contributed by atoms with Gasteiger partial charge in [0.1, 0.15) is 12.0 Å². The van der Waals surface area contributed by atoms with Crippen molar-refractivity contribution in [2.45, 2.75) is 17.1 Å². The third kappa shape index (κ3) is 3.83. The number of amides is 1. The van der Waals surface area contributed by atoms with Crippen LogP contribution in [0.4, 0.5) is 10.1 Å². The zero-order valence-corrected chi connectivity index (χ0v) is 17.8. The molecule has 1 amide bonds. The minimum Gasteiger partial charge on any atom is -0.360 e. The van der Waals surface area contributed by atoms with Gasteiger partial charge in [0.25, 0.3) is 5.91 Å². The molecule has 2 aromatic carbocycles. The van der Waals surface area contributed by atoms with Crippen molar-refractivity contribution in [3.8, 4) is 0 Å². The van der Waals surface area contributed by atoms with Crippen LogP contribution in [0.2, 0.25) is 5.02 Å². The Morgan fingerprint density at radius 1 is 1.15 bits per heavy atom. The molecule has 0 bridgehead atoms. The number of carbonyl (C=O) groups excluding carboxylic acids is 1. The molecule has 0 aliphatic carbocycles. The highest BCUT2D eigenvalue weighted by molar-refractivity contribution is 14.1. The Morgan fingerprint density at radius 3 is 2.63 bits per heavy atom. The van der Waals surface area contributed by atoms with Gasteiger partial charge in [-0.2, -0.15) is 0 Å². The van der Waals surface area contributed by atoms with Gasteiger partial charge in [0.2, 0.25) is 0 Å². The number of thiophene rings is 1. The average Bonchev–Trinajstić information content (AvgIpc) is 3.15. The van der Waals surface area contributed by atoms with Crippen molar-refractivity contribution in [1.82, 2.24) is 4.90 Å². The fourth-order valence-electron chi connectivity index (χ4n) is 3.10. The van der Waals surface area contributed by atoms with Gasteiger partial charge in [0.05, 0.1) is 5.56 Å². The number of anilines is 1. The Hall–Kier alpha value is -1.64. The van der Waals surface area contributed by atoms with Gasteiger partial charge in [-0.05, 0) is 48.0 Å². The second kappa shape index (κ2) is 7.77. The number of benzene rings is 2. The Labute approximate surface area is 179 Å². The van der Waals surface area contributed by atoms with Crippen LogP contribution in [0.5, 0.6) is 0 Å². The van der Waals surface area contributed by atoms with E-state index in [9.17, 15) is 9.18 Å². The van der Waals surface area contributed by atoms with E-state index in [1.807, 2.05) is 6.07 Å². The number of halogens is 3. The fraction of sp³-hybridized carbons (Fsp3) is 0.150. The summed E-state index contributed by atoms with van der Waals surface area (Å²) in [5.74, 6) is -0.384. The summed E-state index contributed by atoms with van der Waals surface area (Å²) in [6, 6.07) is 15.7. The molecule has 1 aliphatic heterocycles. The van der Waals surface area contributed by atoms with Crippen LogP contribution in [-0.4, -0.2) is 10.8 Å². The van der Waals surface area contributed by atoms with Crippen LogP contribution in [0.25, 0.3) is 0 Å². The van der Waals surface area contributed by atoms with Gasteiger partial charge in [-0.25, -0.2) is 4.39 Å². The number of rotatable bonds is 4. The van der Waals surface area contributed by atoms with E-state index in [0.29, 0.717) is 17.1 Å². The summed E-state index contributed by atoms with van der Waals surface area (Å²) in [4.78, 5) is 17.3. The van der Waals surface area contributed by atoms with Crippen molar-refractivity contribution in [2.75, 3.05) is 5.32 Å². The van der Waals surface area contributed by atoms with E-state index in [4.69, 9.17) is 11.6 Å². The molecule has 2 heterocycles. The van der Waals surface area contributed by atoms with E-state index < -0.39 is 0 Å². The predicted molar refractivity (Wildman–Crippen MR) is 116 cm³/mol. The minimum atomic E-state index is -0.291. The van der Waals surface area contributed by atoms with Crippen LogP contribution >= 0.6 is 45.5 Å². The van der Waals surface area contributed by atoms with Gasteiger partial charge >= 0.3 is 0 Å². The molecule has 27 heavy (non-hydrogen) atoms. The van der Waals surface area contributed by atoms with Gasteiger partial charge in [-0.3, -0.25) is 4.79 Å². The third-order valence-electron chi connectivity index (χ3n) is 4.43. The normalized spacial score (nSPS) is 16.2. The van der Waals surface area contributed by atoms with Crippen molar-refractivity contribution in [3.63, 3.8) is 0 Å². The molecule has 1 N–H and O–H groups in total. The van der Waals surface area contributed by atoms with Crippen molar-refractivity contribution >= 4 is 57.1 Å². The number of nitrogens with one attached hydrogen (secondary N) is 1. The van der Waals surface area contributed by atoms with Crippen molar-refractivity contribution in [3.05, 3.63) is 86.3 Å². The van der Waals surface area contributed by atoms with Crippen LogP contribution in [0.3, 0.4) is 0 Å². The van der Waals surface area contributed by atoms with E-state index in [0.717, 1.165) is 20.6 Å². The molecule has 1 aliphatic rings. The summed E-state index contributed by atoms with van der Waals surface area (Å²) in [6.45, 7) is 0.375. The Bertz CT molecular complexity index is 992. The lowest BCUT2D eigenvalue weighted by molar-refractivity contribution is 0.0669. The molecule has 0 spiro atoms. The van der Waals surface area contributed by atoms with E-state index >= 15 is 0 Å². The molecule has 0 radical (unpaired) electrons. The summed E-state index contributed by atoms with van der Waals surface area (Å²) >= 11 is 10.1. The average molecular weight is 513 g/mol. The summed E-state index contributed by atoms with van der Waals surface area (Å²) in [6.07, 6.45) is -0.280. The monoisotopic (exact) mass is 512 g/mol. The van der Waals surface area contributed by atoms with Gasteiger partial charge < -0.3 is 10.2 Å². The molecule has 0 saturated carbocycles. The van der Waals surface area contributed by atoms with Gasteiger partial charge in [-0.15, -0.1) is 11.3 Å². The van der Waals surface area contributed by atoms with Crippen molar-refractivity contribution < 1.29 is 9.18 Å². The summed E-state index contributed by atoms with van der Waals surface area (Å²) in [5, 5.41) is 3.99. The molecule has 1 unspecified atom stereocenters. The number of nitrogens with zero attached hydrogens (tertiary/aromatic N) is 1. The van der Waals surface area contributed by atoms with Crippen LogP contribution < -0.4 is 5.32 Å².